The Morgan fingerprint density at radius 3 is 1.57 bits per heavy atom. The second kappa shape index (κ2) is 24.0. The number of quaternary nitrogens is 2. The molecule has 0 bridgehead atoms. The minimum absolute atomic E-state index is 0. The van der Waals surface area contributed by atoms with Crippen LogP contribution in [0, 0.1) is 0 Å². The number of Topliss-reactive ketones (excluding diaryl/α,β-unsaturated/α-hetero) is 1. The van der Waals surface area contributed by atoms with Gasteiger partial charge < -0.3 is 33.2 Å². The van der Waals surface area contributed by atoms with Crippen LogP contribution in [0.1, 0.15) is 59.8 Å². The zero-order chi connectivity index (χ0) is 27.1. The summed E-state index contributed by atoms with van der Waals surface area (Å²) in [6.45, 7) is 12.6. The first-order valence-corrected chi connectivity index (χ1v) is 13.8. The highest BCUT2D eigenvalue weighted by molar-refractivity contribution is 5.79. The molecule has 0 saturated carbocycles. The first kappa shape index (κ1) is 38.0. The van der Waals surface area contributed by atoms with Crippen molar-refractivity contribution >= 4 is 11.7 Å². The van der Waals surface area contributed by atoms with Crippen molar-refractivity contribution < 1.29 is 37.5 Å². The highest BCUT2D eigenvalue weighted by Crippen LogP contribution is 2.09. The van der Waals surface area contributed by atoms with Gasteiger partial charge in [-0.15, -0.1) is 0 Å². The first-order chi connectivity index (χ1) is 17.1. The van der Waals surface area contributed by atoms with Crippen LogP contribution in [0.3, 0.4) is 0 Å². The van der Waals surface area contributed by atoms with Gasteiger partial charge in [-0.25, -0.2) is 0 Å². The third kappa shape index (κ3) is 26.3. The Morgan fingerprint density at radius 1 is 0.622 bits per heavy atom. The molecule has 0 heterocycles. The Hall–Kier alpha value is -1.10. The van der Waals surface area contributed by atoms with Gasteiger partial charge >= 0.3 is 0 Å². The molecule has 37 heavy (non-hydrogen) atoms. The normalized spacial score (nSPS) is 11.8. The zero-order valence-electron chi connectivity index (χ0n) is 24.3. The standard InChI is InChI=1S/C27H56N3O6.CH4/c1-7-33-20-22-35-24-26(31)14-9-10-16-29(3,4)17-11-12-18-30(5,6)19-13-15-28-27(32)25-36-23-21-34-8-2;/h7-25H2,1-6H3;1H4/q+1;/p+1. The van der Waals surface area contributed by atoms with E-state index in [1.54, 1.807) is 0 Å². The largest absolute Gasteiger partial charge is 0.379 e. The topological polar surface area (TPSA) is 83.1 Å². The van der Waals surface area contributed by atoms with Gasteiger partial charge in [0.15, 0.2) is 5.78 Å². The maximum absolute atomic E-state index is 11.9. The van der Waals surface area contributed by atoms with Crippen molar-refractivity contribution in [3.63, 3.8) is 0 Å². The van der Waals surface area contributed by atoms with Crippen LogP contribution in [0.4, 0.5) is 0 Å². The summed E-state index contributed by atoms with van der Waals surface area (Å²) in [5.74, 6) is 0.120. The summed E-state index contributed by atoms with van der Waals surface area (Å²) in [6, 6.07) is 0. The zero-order valence-corrected chi connectivity index (χ0v) is 24.3. The van der Waals surface area contributed by atoms with Gasteiger partial charge in [0.1, 0.15) is 13.2 Å². The molecule has 0 aliphatic heterocycles. The molecule has 0 aliphatic carbocycles. The molecule has 0 rings (SSSR count). The summed E-state index contributed by atoms with van der Waals surface area (Å²) in [5, 5.41) is 2.93. The number of rotatable bonds is 26. The lowest BCUT2D eigenvalue weighted by Crippen LogP contribution is -2.44. The van der Waals surface area contributed by atoms with Gasteiger partial charge in [-0.05, 0) is 26.7 Å². The van der Waals surface area contributed by atoms with E-state index in [1.807, 2.05) is 13.8 Å². The average Bonchev–Trinajstić information content (AvgIpc) is 2.82. The number of hydrogen-bond acceptors (Lipinski definition) is 6. The van der Waals surface area contributed by atoms with Gasteiger partial charge in [-0.1, -0.05) is 7.43 Å². The van der Waals surface area contributed by atoms with Gasteiger partial charge in [0.2, 0.25) is 5.91 Å². The highest BCUT2D eigenvalue weighted by atomic mass is 16.5. The minimum Gasteiger partial charge on any atom is -0.379 e. The molecule has 1 N–H and O–H groups in total. The molecule has 0 unspecified atom stereocenters. The first-order valence-electron chi connectivity index (χ1n) is 13.8. The molecule has 1 amide bonds. The molecule has 0 atom stereocenters. The van der Waals surface area contributed by atoms with Crippen molar-refractivity contribution in [2.75, 3.05) is 114 Å². The van der Waals surface area contributed by atoms with Crippen LogP contribution in [0.25, 0.3) is 0 Å². The van der Waals surface area contributed by atoms with Crippen molar-refractivity contribution in [1.29, 1.82) is 0 Å². The number of ether oxygens (including phenoxy) is 4. The maximum atomic E-state index is 11.9. The molecule has 0 spiro atoms. The number of carbonyl (C=O) groups excluding carboxylic acids is 2. The number of nitrogens with zero attached hydrogens (tertiary/aromatic N) is 2. The monoisotopic (exact) mass is 535 g/mol. The Morgan fingerprint density at radius 2 is 1.05 bits per heavy atom. The Kier molecular flexibility index (Phi) is 24.7. The molecule has 0 aromatic heterocycles. The van der Waals surface area contributed by atoms with E-state index in [9.17, 15) is 9.59 Å². The van der Waals surface area contributed by atoms with Crippen molar-refractivity contribution in [2.24, 2.45) is 0 Å². The lowest BCUT2D eigenvalue weighted by molar-refractivity contribution is -0.897. The van der Waals surface area contributed by atoms with E-state index in [0.717, 1.165) is 54.4 Å². The quantitative estimate of drug-likeness (QED) is 0.135. The van der Waals surface area contributed by atoms with E-state index in [4.69, 9.17) is 18.9 Å². The number of ketones is 1. The molecule has 0 aromatic carbocycles. The number of amides is 1. The fourth-order valence-electron chi connectivity index (χ4n) is 3.90. The van der Waals surface area contributed by atoms with Crippen LogP contribution in [-0.4, -0.2) is 134 Å². The van der Waals surface area contributed by atoms with Gasteiger partial charge in [-0.2, -0.15) is 0 Å². The molecule has 0 radical (unpaired) electrons. The van der Waals surface area contributed by atoms with Gasteiger partial charge in [-0.3, -0.25) is 9.59 Å². The van der Waals surface area contributed by atoms with Crippen LogP contribution in [0.2, 0.25) is 0 Å². The lowest BCUT2D eigenvalue weighted by Gasteiger charge is -2.32. The van der Waals surface area contributed by atoms with Crippen molar-refractivity contribution in [3.05, 3.63) is 0 Å². The smallest absolute Gasteiger partial charge is 0.246 e. The Balaban J connectivity index is 0. The summed E-state index contributed by atoms with van der Waals surface area (Å²) < 4.78 is 23.0. The van der Waals surface area contributed by atoms with E-state index < -0.39 is 0 Å². The van der Waals surface area contributed by atoms with Gasteiger partial charge in [0, 0.05) is 45.4 Å². The summed E-state index contributed by atoms with van der Waals surface area (Å²) in [6.07, 6.45) is 5.91. The van der Waals surface area contributed by atoms with E-state index in [-0.39, 0.29) is 32.3 Å². The SMILES string of the molecule is C.CCOCCOCC(=O)CCCC[N+](C)(C)CCCC[N+](C)(C)CCCNC(=O)COCCOCC. The third-order valence-corrected chi connectivity index (χ3v) is 6.16. The predicted octanol–water partition coefficient (Wildman–Crippen LogP) is 2.91. The fourth-order valence-corrected chi connectivity index (χ4v) is 3.90. The second-order valence-electron chi connectivity index (χ2n) is 10.7. The molecule has 0 aliphatic rings. The van der Waals surface area contributed by atoms with Crippen molar-refractivity contribution in [3.8, 4) is 0 Å². The summed E-state index contributed by atoms with van der Waals surface area (Å²) >= 11 is 0. The van der Waals surface area contributed by atoms with E-state index in [1.165, 1.54) is 12.8 Å². The van der Waals surface area contributed by atoms with E-state index in [2.05, 4.69) is 33.5 Å². The molecule has 0 saturated heterocycles. The number of nitrogens with one attached hydrogen (secondary N) is 1. The molecular formula is C28H61N3O6+2. The Bertz CT molecular complexity index is 510. The van der Waals surface area contributed by atoms with Crippen molar-refractivity contribution in [2.45, 2.75) is 59.8 Å². The van der Waals surface area contributed by atoms with E-state index >= 15 is 0 Å². The fraction of sp³-hybridized carbons (Fsp3) is 0.929. The van der Waals surface area contributed by atoms with Crippen molar-refractivity contribution in [1.82, 2.24) is 5.32 Å². The number of hydrogen-bond donors (Lipinski definition) is 1. The molecule has 9 nitrogen and oxygen atoms in total. The van der Waals surface area contributed by atoms with Crippen LogP contribution < -0.4 is 5.32 Å². The maximum Gasteiger partial charge on any atom is 0.246 e. The number of carbonyl (C=O) groups is 2. The molecule has 9 heteroatoms. The predicted molar refractivity (Wildman–Crippen MR) is 151 cm³/mol. The summed E-state index contributed by atoms with van der Waals surface area (Å²) in [5.41, 5.74) is 0. The summed E-state index contributed by atoms with van der Waals surface area (Å²) in [4.78, 5) is 23.7. The van der Waals surface area contributed by atoms with Gasteiger partial charge in [0.25, 0.3) is 0 Å². The lowest BCUT2D eigenvalue weighted by atomic mass is 10.1. The summed E-state index contributed by atoms with van der Waals surface area (Å²) in [7, 11) is 9.08. The average molecular weight is 536 g/mol. The van der Waals surface area contributed by atoms with Crippen LogP contribution in [0.15, 0.2) is 0 Å². The van der Waals surface area contributed by atoms with Gasteiger partial charge in [0.05, 0.1) is 80.8 Å². The Labute approximate surface area is 228 Å². The molecule has 222 valence electrons. The molecular weight excluding hydrogens is 474 g/mol. The minimum atomic E-state index is -0.0629. The molecule has 0 fully saturated rings. The second-order valence-corrected chi connectivity index (χ2v) is 10.7. The number of unbranched alkanes of at least 4 members (excludes halogenated alkanes) is 2. The van der Waals surface area contributed by atoms with E-state index in [0.29, 0.717) is 52.6 Å². The van der Waals surface area contributed by atoms with Crippen LogP contribution >= 0.6 is 0 Å². The molecule has 0 aromatic rings. The van der Waals surface area contributed by atoms with Crippen LogP contribution in [0.5, 0.6) is 0 Å². The highest BCUT2D eigenvalue weighted by Gasteiger charge is 2.18. The van der Waals surface area contributed by atoms with Crippen LogP contribution in [-0.2, 0) is 28.5 Å². The third-order valence-electron chi connectivity index (χ3n) is 6.16.